The van der Waals surface area contributed by atoms with E-state index >= 15 is 0 Å². The molecular formula is C17H16ClF2N3O3. The summed E-state index contributed by atoms with van der Waals surface area (Å²) in [6.45, 7) is 1.76. The Morgan fingerprint density at radius 3 is 2.69 bits per heavy atom. The van der Waals surface area contributed by atoms with Crippen molar-refractivity contribution in [3.63, 3.8) is 0 Å². The first kappa shape index (κ1) is 17.2. The van der Waals surface area contributed by atoms with Gasteiger partial charge in [0.2, 0.25) is 5.91 Å². The maximum Gasteiger partial charge on any atom is 0.585 e. The molecule has 1 unspecified atom stereocenters. The number of hydrogen-bond donors (Lipinski definition) is 1. The second-order valence-electron chi connectivity index (χ2n) is 6.86. The van der Waals surface area contributed by atoms with Gasteiger partial charge in [-0.25, -0.2) is 4.98 Å². The van der Waals surface area contributed by atoms with Crippen molar-refractivity contribution in [1.29, 1.82) is 0 Å². The maximum absolute atomic E-state index is 13.3. The molecule has 3 aliphatic rings. The highest BCUT2D eigenvalue weighted by Crippen LogP contribution is 2.48. The second kappa shape index (κ2) is 5.90. The van der Waals surface area contributed by atoms with Gasteiger partial charge < -0.3 is 14.8 Å². The molecule has 9 heteroatoms. The Kier molecular flexibility index (Phi) is 3.91. The van der Waals surface area contributed by atoms with Crippen molar-refractivity contribution in [1.82, 2.24) is 9.97 Å². The van der Waals surface area contributed by atoms with E-state index in [1.54, 1.807) is 6.92 Å². The highest BCUT2D eigenvalue weighted by Gasteiger charge is 2.50. The zero-order valence-electron chi connectivity index (χ0n) is 13.9. The molecular weight excluding hydrogens is 368 g/mol. The lowest BCUT2D eigenvalue weighted by Crippen LogP contribution is -2.29. The zero-order valence-corrected chi connectivity index (χ0v) is 14.6. The van der Waals surface area contributed by atoms with Crippen LogP contribution in [0, 0.1) is 5.92 Å². The van der Waals surface area contributed by atoms with E-state index in [1.165, 1.54) is 18.5 Å². The fourth-order valence-corrected chi connectivity index (χ4v) is 3.36. The third-order valence-corrected chi connectivity index (χ3v) is 5.52. The first-order chi connectivity index (χ1) is 12.3. The zero-order chi connectivity index (χ0) is 18.5. The second-order valence-corrected chi connectivity index (χ2v) is 7.27. The Morgan fingerprint density at radius 1 is 1.31 bits per heavy atom. The summed E-state index contributed by atoms with van der Waals surface area (Å²) in [6.07, 6.45) is 3.45. The van der Waals surface area contributed by atoms with E-state index < -0.39 is 11.7 Å². The molecule has 26 heavy (non-hydrogen) atoms. The Balaban J connectivity index is 1.52. The topological polar surface area (TPSA) is 73.3 Å². The predicted molar refractivity (Wildman–Crippen MR) is 88.1 cm³/mol. The molecule has 1 aromatic heterocycles. The number of allylic oxidation sites excluding steroid dienone is 3. The molecule has 4 rings (SSSR count). The van der Waals surface area contributed by atoms with Crippen molar-refractivity contribution >= 4 is 23.3 Å². The van der Waals surface area contributed by atoms with Crippen LogP contribution in [0.3, 0.4) is 0 Å². The molecule has 0 radical (unpaired) electrons. The first-order valence-electron chi connectivity index (χ1n) is 8.27. The molecule has 6 nitrogen and oxygen atoms in total. The number of aromatic nitrogens is 2. The lowest BCUT2D eigenvalue weighted by molar-refractivity contribution is -0.336. The summed E-state index contributed by atoms with van der Waals surface area (Å²) < 4.78 is 35.5. The Morgan fingerprint density at radius 2 is 2.08 bits per heavy atom. The van der Waals surface area contributed by atoms with E-state index in [2.05, 4.69) is 24.8 Å². The third kappa shape index (κ3) is 2.92. The fourth-order valence-electron chi connectivity index (χ4n) is 3.10. The van der Waals surface area contributed by atoms with Crippen molar-refractivity contribution in [3.05, 3.63) is 40.7 Å². The molecule has 1 aromatic rings. The van der Waals surface area contributed by atoms with Crippen LogP contribution in [0.15, 0.2) is 35.0 Å². The van der Waals surface area contributed by atoms with Gasteiger partial charge >= 0.3 is 6.29 Å². The Bertz CT molecular complexity index is 821. The summed E-state index contributed by atoms with van der Waals surface area (Å²) in [7, 11) is 0. The van der Waals surface area contributed by atoms with Crippen LogP contribution in [0.5, 0.6) is 0 Å². The van der Waals surface area contributed by atoms with Gasteiger partial charge in [-0.1, -0.05) is 18.0 Å². The van der Waals surface area contributed by atoms with E-state index in [9.17, 15) is 13.6 Å². The van der Waals surface area contributed by atoms with Crippen LogP contribution >= 0.6 is 11.6 Å². The van der Waals surface area contributed by atoms with Gasteiger partial charge in [0.05, 0.1) is 23.5 Å². The molecule has 0 saturated heterocycles. The highest BCUT2D eigenvalue weighted by molar-refractivity contribution is 6.31. The van der Waals surface area contributed by atoms with Crippen LogP contribution in [0.1, 0.15) is 38.3 Å². The van der Waals surface area contributed by atoms with Crippen LogP contribution in [0.25, 0.3) is 0 Å². The van der Waals surface area contributed by atoms with Gasteiger partial charge in [-0.15, -0.1) is 8.78 Å². The van der Waals surface area contributed by atoms with E-state index in [1.807, 2.05) is 0 Å². The molecule has 1 atom stereocenters. The summed E-state index contributed by atoms with van der Waals surface area (Å²) >= 11 is 6.32. The van der Waals surface area contributed by atoms with Gasteiger partial charge in [0, 0.05) is 17.4 Å². The Hall–Kier alpha value is -2.22. The molecule has 1 amide bonds. The number of nitrogens with zero attached hydrogens (tertiary/aromatic N) is 2. The van der Waals surface area contributed by atoms with Crippen LogP contribution in [-0.4, -0.2) is 22.2 Å². The quantitative estimate of drug-likeness (QED) is 0.859. The van der Waals surface area contributed by atoms with Crippen molar-refractivity contribution in [2.24, 2.45) is 5.92 Å². The summed E-state index contributed by atoms with van der Waals surface area (Å²) in [5.74, 6) is 0.267. The minimum atomic E-state index is -3.69. The van der Waals surface area contributed by atoms with Crippen LogP contribution in [-0.2, 0) is 19.7 Å². The number of ether oxygens (including phenoxy) is 2. The lowest BCUT2D eigenvalue weighted by atomic mass is 9.79. The van der Waals surface area contributed by atoms with E-state index in [-0.39, 0.29) is 34.8 Å². The smallest absolute Gasteiger partial charge is 0.400 e. The summed E-state index contributed by atoms with van der Waals surface area (Å²) in [6, 6.07) is 0. The number of carbonyl (C=O) groups excluding carboxylic acids is 1. The normalized spacial score (nSPS) is 27.0. The Labute approximate surface area is 153 Å². The van der Waals surface area contributed by atoms with Crippen molar-refractivity contribution < 1.29 is 23.0 Å². The first-order valence-corrected chi connectivity index (χ1v) is 8.65. The average Bonchev–Trinajstić information content (AvgIpc) is 2.79. The van der Waals surface area contributed by atoms with E-state index in [4.69, 9.17) is 11.6 Å². The molecule has 2 aliphatic carbocycles. The summed E-state index contributed by atoms with van der Waals surface area (Å²) in [4.78, 5) is 20.5. The number of alkyl halides is 2. The molecule has 2 heterocycles. The van der Waals surface area contributed by atoms with Crippen molar-refractivity contribution in [2.75, 3.05) is 5.32 Å². The monoisotopic (exact) mass is 383 g/mol. The number of rotatable bonds is 3. The van der Waals surface area contributed by atoms with Gasteiger partial charge in [0.1, 0.15) is 0 Å². The molecule has 1 fully saturated rings. The number of halogens is 3. The maximum atomic E-state index is 13.3. The molecule has 0 aromatic carbocycles. The average molecular weight is 384 g/mol. The molecule has 1 aliphatic heterocycles. The fraction of sp³-hybridized carbons (Fsp3) is 0.471. The number of nitrogens with one attached hydrogen (secondary N) is 1. The SMILES string of the molecule is CC1(c2cnc(NC(=O)C3CCC3)cn2)CC2=C(C=C1Cl)OC(F)(F)O2. The number of anilines is 1. The number of carbonyl (C=O) groups is 1. The van der Waals surface area contributed by atoms with Crippen LogP contribution < -0.4 is 5.32 Å². The highest BCUT2D eigenvalue weighted by atomic mass is 35.5. The van der Waals surface area contributed by atoms with E-state index in [0.29, 0.717) is 11.5 Å². The number of hydrogen-bond acceptors (Lipinski definition) is 5. The molecule has 138 valence electrons. The lowest BCUT2D eigenvalue weighted by Gasteiger charge is -2.30. The molecule has 1 N–H and O–H groups in total. The van der Waals surface area contributed by atoms with Gasteiger partial charge in [-0.05, 0) is 25.8 Å². The van der Waals surface area contributed by atoms with Crippen LogP contribution in [0.2, 0.25) is 0 Å². The molecule has 0 bridgehead atoms. The largest absolute Gasteiger partial charge is 0.585 e. The number of amides is 1. The van der Waals surface area contributed by atoms with Gasteiger partial charge in [0.25, 0.3) is 0 Å². The molecule has 1 saturated carbocycles. The standard InChI is InChI=1S/C17H16ClF2N3O3/c1-16(6-11-10(5-12(16)18)25-17(19,20)26-11)13-7-22-14(8-21-13)23-15(24)9-3-2-4-9/h5,7-9H,2-4,6H2,1H3,(H,22,23,24). The van der Waals surface area contributed by atoms with Crippen molar-refractivity contribution in [3.8, 4) is 0 Å². The molecule has 0 spiro atoms. The predicted octanol–water partition coefficient (Wildman–Crippen LogP) is 3.81. The van der Waals surface area contributed by atoms with Gasteiger partial charge in [0.15, 0.2) is 17.3 Å². The third-order valence-electron chi connectivity index (χ3n) is 4.99. The minimum Gasteiger partial charge on any atom is -0.400 e. The summed E-state index contributed by atoms with van der Waals surface area (Å²) in [5, 5.41) is 3.02. The van der Waals surface area contributed by atoms with Gasteiger partial charge in [-0.3, -0.25) is 9.78 Å². The van der Waals surface area contributed by atoms with Crippen LogP contribution in [0.4, 0.5) is 14.6 Å². The van der Waals surface area contributed by atoms with Gasteiger partial charge in [-0.2, -0.15) is 0 Å². The minimum absolute atomic E-state index is 0.0195. The van der Waals surface area contributed by atoms with Crippen molar-refractivity contribution in [2.45, 2.75) is 44.3 Å². The van der Waals surface area contributed by atoms with E-state index in [0.717, 1.165) is 19.3 Å². The summed E-state index contributed by atoms with van der Waals surface area (Å²) in [5.41, 5.74) is -0.404.